The van der Waals surface area contributed by atoms with Crippen LogP contribution >= 0.6 is 0 Å². The molecule has 1 aromatic heterocycles. The quantitative estimate of drug-likeness (QED) is 0.677. The second-order valence-electron chi connectivity index (χ2n) is 10.1. The number of rotatable bonds is 4. The highest BCUT2D eigenvalue weighted by molar-refractivity contribution is 5.87. The molecule has 4 rings (SSSR count). The topological polar surface area (TPSA) is 112 Å². The van der Waals surface area contributed by atoms with Crippen molar-refractivity contribution < 1.29 is 13.9 Å². The molecule has 1 amide bonds. The van der Waals surface area contributed by atoms with Crippen molar-refractivity contribution in [2.45, 2.75) is 65.0 Å². The lowest BCUT2D eigenvalue weighted by Gasteiger charge is -2.36. The monoisotopic (exact) mass is 461 g/mol. The number of hydrogen-bond donors (Lipinski definition) is 2. The van der Waals surface area contributed by atoms with E-state index < -0.39 is 28.8 Å². The lowest BCUT2D eigenvalue weighted by Crippen LogP contribution is -2.45. The second kappa shape index (κ2) is 8.39. The summed E-state index contributed by atoms with van der Waals surface area (Å²) in [4.78, 5) is 39.4. The molecule has 1 unspecified atom stereocenters. The van der Waals surface area contributed by atoms with Gasteiger partial charge in [0, 0.05) is 31.2 Å². The number of aryl methyl sites for hydroxylation is 1. The van der Waals surface area contributed by atoms with Crippen molar-refractivity contribution >= 4 is 22.7 Å². The third-order valence-electron chi connectivity index (χ3n) is 6.25. The molecule has 3 N–H and O–H groups in total. The number of benzene rings is 1. The Hall–Kier alpha value is -3.04. The Bertz CT molecular complexity index is 1210. The number of piperidine rings is 1. The number of nitrogen functional groups attached to an aromatic ring is 1. The van der Waals surface area contributed by atoms with Gasteiger partial charge in [0.05, 0.1) is 16.6 Å². The van der Waals surface area contributed by atoms with Gasteiger partial charge in [-0.3, -0.25) is 9.36 Å². The molecular formula is C23H32FN5O4. The second-order valence-corrected chi connectivity index (χ2v) is 10.1. The molecule has 1 aliphatic carbocycles. The molecule has 10 heteroatoms. The van der Waals surface area contributed by atoms with Crippen LogP contribution in [0.4, 0.5) is 14.9 Å². The minimum Gasteiger partial charge on any atom is -0.444 e. The van der Waals surface area contributed by atoms with Gasteiger partial charge in [0.15, 0.2) is 0 Å². The summed E-state index contributed by atoms with van der Waals surface area (Å²) < 4.78 is 22.8. The van der Waals surface area contributed by atoms with Gasteiger partial charge in [0.1, 0.15) is 11.4 Å². The summed E-state index contributed by atoms with van der Waals surface area (Å²) in [6.45, 7) is 8.78. The van der Waals surface area contributed by atoms with Gasteiger partial charge in [-0.1, -0.05) is 0 Å². The van der Waals surface area contributed by atoms with Crippen LogP contribution in [0.5, 0.6) is 0 Å². The highest BCUT2D eigenvalue weighted by Gasteiger charge is 2.32. The third kappa shape index (κ3) is 4.56. The Morgan fingerprint density at radius 2 is 1.97 bits per heavy atom. The smallest absolute Gasteiger partial charge is 0.407 e. The summed E-state index contributed by atoms with van der Waals surface area (Å²) in [5.74, 6) is 5.30. The normalized spacial score (nSPS) is 19.1. The van der Waals surface area contributed by atoms with Gasteiger partial charge in [-0.05, 0) is 65.4 Å². The van der Waals surface area contributed by atoms with E-state index in [0.717, 1.165) is 25.7 Å². The molecule has 9 nitrogen and oxygen atoms in total. The average Bonchev–Trinajstić information content (AvgIpc) is 3.56. The molecule has 2 aliphatic rings. The van der Waals surface area contributed by atoms with Crippen LogP contribution < -0.4 is 27.3 Å². The van der Waals surface area contributed by atoms with Crippen LogP contribution in [-0.4, -0.2) is 40.6 Å². The van der Waals surface area contributed by atoms with Crippen LogP contribution in [0.2, 0.25) is 0 Å². The van der Waals surface area contributed by atoms with Crippen LogP contribution in [0, 0.1) is 18.7 Å². The van der Waals surface area contributed by atoms with E-state index in [1.807, 2.05) is 4.90 Å². The van der Waals surface area contributed by atoms with Crippen molar-refractivity contribution in [2.75, 3.05) is 30.4 Å². The molecule has 1 atom stereocenters. The van der Waals surface area contributed by atoms with Crippen molar-refractivity contribution in [2.24, 2.45) is 5.92 Å². The first kappa shape index (κ1) is 23.1. The molecule has 1 saturated carbocycles. The number of hydrogen-bond acceptors (Lipinski definition) is 6. The summed E-state index contributed by atoms with van der Waals surface area (Å²) in [5.41, 5.74) is -0.431. The van der Waals surface area contributed by atoms with E-state index in [-0.39, 0.29) is 17.3 Å². The molecule has 33 heavy (non-hydrogen) atoms. The number of halogens is 1. The van der Waals surface area contributed by atoms with Gasteiger partial charge < -0.3 is 20.8 Å². The fourth-order valence-electron chi connectivity index (χ4n) is 4.69. The Labute approximate surface area is 191 Å². The zero-order valence-corrected chi connectivity index (χ0v) is 19.6. The zero-order chi connectivity index (χ0) is 24.1. The van der Waals surface area contributed by atoms with Gasteiger partial charge in [0.2, 0.25) is 0 Å². The molecule has 2 fully saturated rings. The van der Waals surface area contributed by atoms with E-state index in [0.29, 0.717) is 41.1 Å². The largest absolute Gasteiger partial charge is 0.444 e. The number of fused-ring (bicyclic) bond motifs is 1. The fraction of sp³-hybridized carbons (Fsp3) is 0.609. The Morgan fingerprint density at radius 1 is 1.27 bits per heavy atom. The summed E-state index contributed by atoms with van der Waals surface area (Å²) in [6.07, 6.45) is 2.89. The standard InChI is InChI=1S/C23H32FN5O4/c1-13-18-16(20(30)29(25)22(32)28(18)15-7-8-15)10-17(24)19(13)27-9-5-6-14(12-27)11-26-21(31)33-23(2,3)4/h10,14-15H,5-9,11-12,25H2,1-4H3,(H,26,31). The average molecular weight is 462 g/mol. The number of carbonyl (C=O) groups is 1. The first-order chi connectivity index (χ1) is 15.5. The minimum atomic E-state index is -0.696. The highest BCUT2D eigenvalue weighted by Crippen LogP contribution is 2.39. The number of carbonyl (C=O) groups excluding carboxylic acids is 1. The first-order valence-electron chi connectivity index (χ1n) is 11.4. The van der Waals surface area contributed by atoms with Gasteiger partial charge in [-0.2, -0.15) is 4.68 Å². The summed E-state index contributed by atoms with van der Waals surface area (Å²) in [5, 5.41) is 2.92. The van der Waals surface area contributed by atoms with Crippen LogP contribution in [-0.2, 0) is 4.74 Å². The van der Waals surface area contributed by atoms with E-state index in [4.69, 9.17) is 10.6 Å². The number of nitrogens with one attached hydrogen (secondary N) is 1. The van der Waals surface area contributed by atoms with Crippen LogP contribution in [0.3, 0.4) is 0 Å². The maximum Gasteiger partial charge on any atom is 0.407 e. The highest BCUT2D eigenvalue weighted by atomic mass is 19.1. The molecule has 2 heterocycles. The van der Waals surface area contributed by atoms with E-state index in [1.54, 1.807) is 32.3 Å². The maximum absolute atomic E-state index is 15.3. The van der Waals surface area contributed by atoms with Gasteiger partial charge in [0.25, 0.3) is 5.56 Å². The van der Waals surface area contributed by atoms with Crippen LogP contribution in [0.1, 0.15) is 58.1 Å². The lowest BCUT2D eigenvalue weighted by molar-refractivity contribution is 0.0517. The van der Waals surface area contributed by atoms with E-state index >= 15 is 4.39 Å². The molecule has 0 radical (unpaired) electrons. The molecule has 0 bridgehead atoms. The number of nitrogens with two attached hydrogens (primary N) is 1. The Kier molecular flexibility index (Phi) is 5.88. The van der Waals surface area contributed by atoms with E-state index in [1.165, 1.54) is 6.07 Å². The summed E-state index contributed by atoms with van der Waals surface area (Å²) in [6, 6.07) is 1.17. The number of anilines is 1. The van der Waals surface area contributed by atoms with Crippen molar-refractivity contribution in [3.8, 4) is 0 Å². The van der Waals surface area contributed by atoms with Crippen molar-refractivity contribution in [3.63, 3.8) is 0 Å². The van der Waals surface area contributed by atoms with Crippen molar-refractivity contribution in [1.29, 1.82) is 0 Å². The molecule has 1 saturated heterocycles. The Morgan fingerprint density at radius 3 is 2.61 bits per heavy atom. The third-order valence-corrected chi connectivity index (χ3v) is 6.25. The zero-order valence-electron chi connectivity index (χ0n) is 19.6. The van der Waals surface area contributed by atoms with Crippen LogP contribution in [0.15, 0.2) is 15.7 Å². The van der Waals surface area contributed by atoms with E-state index in [2.05, 4.69) is 5.32 Å². The number of aromatic nitrogens is 2. The van der Waals surface area contributed by atoms with Crippen molar-refractivity contribution in [3.05, 3.63) is 38.3 Å². The molecule has 0 spiro atoms. The number of amides is 1. The van der Waals surface area contributed by atoms with Crippen molar-refractivity contribution in [1.82, 2.24) is 14.6 Å². The Balaban J connectivity index is 1.65. The van der Waals surface area contributed by atoms with Gasteiger partial charge in [-0.15, -0.1) is 0 Å². The van der Waals surface area contributed by atoms with Gasteiger partial charge >= 0.3 is 11.8 Å². The summed E-state index contributed by atoms with van der Waals surface area (Å²) in [7, 11) is 0. The predicted octanol–water partition coefficient (Wildman–Crippen LogP) is 2.40. The fourth-order valence-corrected chi connectivity index (χ4v) is 4.69. The summed E-state index contributed by atoms with van der Waals surface area (Å²) >= 11 is 0. The van der Waals surface area contributed by atoms with Crippen LogP contribution in [0.25, 0.3) is 10.9 Å². The maximum atomic E-state index is 15.3. The number of ether oxygens (including phenoxy) is 1. The number of alkyl carbamates (subject to hydrolysis) is 1. The molecule has 1 aliphatic heterocycles. The van der Waals surface area contributed by atoms with E-state index in [9.17, 15) is 14.4 Å². The lowest BCUT2D eigenvalue weighted by atomic mass is 9.96. The SMILES string of the molecule is Cc1c(N2CCCC(CNC(=O)OC(C)(C)C)C2)c(F)cc2c(=O)n(N)c(=O)n(C3CC3)c12. The molecule has 2 aromatic rings. The van der Waals surface area contributed by atoms with Gasteiger partial charge in [-0.25, -0.2) is 14.0 Å². The predicted molar refractivity (Wildman–Crippen MR) is 125 cm³/mol. The molecule has 180 valence electrons. The minimum absolute atomic E-state index is 0.0282. The molecular weight excluding hydrogens is 429 g/mol. The first-order valence-corrected chi connectivity index (χ1v) is 11.4. The molecule has 1 aromatic carbocycles. The number of nitrogens with zero attached hydrogens (tertiary/aromatic N) is 3.